The van der Waals surface area contributed by atoms with Gasteiger partial charge in [-0.2, -0.15) is 22.8 Å². The van der Waals surface area contributed by atoms with Crippen LogP contribution >= 0.6 is 22.7 Å². The highest BCUT2D eigenvalue weighted by Gasteiger charge is 2.38. The van der Waals surface area contributed by atoms with E-state index in [1.54, 1.807) is 17.5 Å². The molecule has 0 bridgehead atoms. The molecule has 0 saturated heterocycles. The first-order valence-electron chi connectivity index (χ1n) is 5.55. The summed E-state index contributed by atoms with van der Waals surface area (Å²) in [6, 6.07) is 3.39. The summed E-state index contributed by atoms with van der Waals surface area (Å²) in [6.45, 7) is 0.0298. The molecule has 6 nitrogen and oxygen atoms in total. The SMILES string of the molecule is O=C(NCc1nn2c(C(F)(F)F)nnc2s1)c1cccs1. The van der Waals surface area contributed by atoms with Crippen LogP contribution < -0.4 is 5.32 Å². The molecule has 0 unspecified atom stereocenters. The number of fused-ring (bicyclic) bond motifs is 1. The van der Waals surface area contributed by atoms with Gasteiger partial charge in [-0.1, -0.05) is 17.4 Å². The van der Waals surface area contributed by atoms with Crippen LogP contribution in [0.2, 0.25) is 0 Å². The molecule has 0 saturated carbocycles. The Morgan fingerprint density at radius 2 is 2.19 bits per heavy atom. The number of hydrogen-bond acceptors (Lipinski definition) is 6. The van der Waals surface area contributed by atoms with E-state index < -0.39 is 12.0 Å². The van der Waals surface area contributed by atoms with E-state index in [1.807, 2.05) is 0 Å². The van der Waals surface area contributed by atoms with Crippen molar-refractivity contribution in [3.8, 4) is 0 Å². The van der Waals surface area contributed by atoms with E-state index in [4.69, 9.17) is 0 Å². The van der Waals surface area contributed by atoms with Crippen molar-refractivity contribution in [2.75, 3.05) is 0 Å². The predicted molar refractivity (Wildman–Crippen MR) is 69.2 cm³/mol. The number of halogens is 3. The van der Waals surface area contributed by atoms with Crippen LogP contribution in [0, 0.1) is 0 Å². The van der Waals surface area contributed by atoms with Crippen LogP contribution in [0.25, 0.3) is 4.96 Å². The van der Waals surface area contributed by atoms with Crippen LogP contribution in [0.15, 0.2) is 17.5 Å². The molecule has 110 valence electrons. The maximum atomic E-state index is 12.6. The van der Waals surface area contributed by atoms with Crippen molar-refractivity contribution >= 4 is 33.5 Å². The first-order chi connectivity index (χ1) is 9.95. The van der Waals surface area contributed by atoms with E-state index in [9.17, 15) is 18.0 Å². The van der Waals surface area contributed by atoms with Gasteiger partial charge < -0.3 is 5.32 Å². The lowest BCUT2D eigenvalue weighted by Gasteiger charge is -2.01. The van der Waals surface area contributed by atoms with Gasteiger partial charge in [0.25, 0.3) is 11.7 Å². The lowest BCUT2D eigenvalue weighted by atomic mass is 10.4. The lowest BCUT2D eigenvalue weighted by Crippen LogP contribution is -2.22. The van der Waals surface area contributed by atoms with Gasteiger partial charge in [-0.3, -0.25) is 4.79 Å². The molecule has 11 heteroatoms. The monoisotopic (exact) mass is 333 g/mol. The molecule has 0 radical (unpaired) electrons. The fourth-order valence-corrected chi connectivity index (χ4v) is 2.97. The van der Waals surface area contributed by atoms with Gasteiger partial charge in [0.1, 0.15) is 5.01 Å². The van der Waals surface area contributed by atoms with Crippen molar-refractivity contribution < 1.29 is 18.0 Å². The number of nitrogens with one attached hydrogen (secondary N) is 1. The number of aromatic nitrogens is 4. The first-order valence-corrected chi connectivity index (χ1v) is 7.25. The molecule has 0 aliphatic rings. The fraction of sp³-hybridized carbons (Fsp3) is 0.200. The maximum Gasteiger partial charge on any atom is 0.453 e. The smallest absolute Gasteiger partial charge is 0.345 e. The zero-order valence-corrected chi connectivity index (χ0v) is 11.7. The Labute approximate surface area is 123 Å². The second-order valence-corrected chi connectivity index (χ2v) is 5.86. The Bertz CT molecular complexity index is 776. The number of carbonyl (C=O) groups is 1. The number of alkyl halides is 3. The highest BCUT2D eigenvalue weighted by Crippen LogP contribution is 2.28. The van der Waals surface area contributed by atoms with Crippen molar-refractivity contribution in [2.45, 2.75) is 12.7 Å². The summed E-state index contributed by atoms with van der Waals surface area (Å²) in [5.41, 5.74) is 0. The second-order valence-electron chi connectivity index (χ2n) is 3.87. The molecule has 3 rings (SSSR count). The maximum absolute atomic E-state index is 12.6. The predicted octanol–water partition coefficient (Wildman–Crippen LogP) is 2.20. The lowest BCUT2D eigenvalue weighted by molar-refractivity contribution is -0.146. The zero-order chi connectivity index (χ0) is 15.0. The molecule has 3 heterocycles. The fourth-order valence-electron chi connectivity index (χ4n) is 1.56. The molecule has 0 aliphatic carbocycles. The molecular formula is C10H6F3N5OS2. The summed E-state index contributed by atoms with van der Waals surface area (Å²) < 4.78 is 38.5. The van der Waals surface area contributed by atoms with Crippen LogP contribution in [-0.4, -0.2) is 25.7 Å². The number of carbonyl (C=O) groups excluding carboxylic acids is 1. The Morgan fingerprint density at radius 1 is 1.38 bits per heavy atom. The standard InChI is InChI=1S/C10H6F3N5OS2/c11-10(12,13)8-15-16-9-18(8)17-6(21-9)4-14-7(19)5-2-1-3-20-5/h1-3H,4H2,(H,14,19). The van der Waals surface area contributed by atoms with E-state index in [0.29, 0.717) is 14.4 Å². The van der Waals surface area contributed by atoms with Crippen LogP contribution in [0.4, 0.5) is 13.2 Å². The molecule has 1 amide bonds. The number of thiophene rings is 1. The van der Waals surface area contributed by atoms with Crippen LogP contribution in [0.1, 0.15) is 20.5 Å². The zero-order valence-electron chi connectivity index (χ0n) is 10.1. The summed E-state index contributed by atoms with van der Waals surface area (Å²) in [5, 5.41) is 14.9. The van der Waals surface area contributed by atoms with E-state index >= 15 is 0 Å². The minimum absolute atomic E-state index is 0.0298. The molecule has 1 N–H and O–H groups in total. The number of nitrogens with zero attached hydrogens (tertiary/aromatic N) is 4. The molecule has 0 aromatic carbocycles. The summed E-state index contributed by atoms with van der Waals surface area (Å²) >= 11 is 2.21. The van der Waals surface area contributed by atoms with Crippen molar-refractivity contribution in [3.63, 3.8) is 0 Å². The highest BCUT2D eigenvalue weighted by molar-refractivity contribution is 7.16. The van der Waals surface area contributed by atoms with E-state index in [2.05, 4.69) is 20.6 Å². The van der Waals surface area contributed by atoms with Crippen LogP contribution in [0.5, 0.6) is 0 Å². The minimum Gasteiger partial charge on any atom is -0.345 e. The van der Waals surface area contributed by atoms with Gasteiger partial charge >= 0.3 is 6.18 Å². The number of hydrogen-bond donors (Lipinski definition) is 1. The van der Waals surface area contributed by atoms with Crippen molar-refractivity contribution in [1.82, 2.24) is 25.1 Å². The molecule has 0 fully saturated rings. The topological polar surface area (TPSA) is 72.2 Å². The Morgan fingerprint density at radius 3 is 2.86 bits per heavy atom. The van der Waals surface area contributed by atoms with E-state index in [-0.39, 0.29) is 17.4 Å². The summed E-state index contributed by atoms with van der Waals surface area (Å²) in [4.78, 5) is 12.3. The van der Waals surface area contributed by atoms with Gasteiger partial charge in [0.15, 0.2) is 0 Å². The largest absolute Gasteiger partial charge is 0.453 e. The van der Waals surface area contributed by atoms with Gasteiger partial charge in [0.2, 0.25) is 4.96 Å². The number of rotatable bonds is 3. The van der Waals surface area contributed by atoms with E-state index in [1.165, 1.54) is 11.3 Å². The average Bonchev–Trinajstić information content (AvgIpc) is 3.09. The van der Waals surface area contributed by atoms with Gasteiger partial charge in [0, 0.05) is 0 Å². The normalized spacial score (nSPS) is 12.0. The van der Waals surface area contributed by atoms with Gasteiger partial charge in [0.05, 0.1) is 11.4 Å². The molecule has 21 heavy (non-hydrogen) atoms. The van der Waals surface area contributed by atoms with Gasteiger partial charge in [-0.05, 0) is 11.4 Å². The third-order valence-electron chi connectivity index (χ3n) is 2.43. The first kappa shape index (κ1) is 13.9. The van der Waals surface area contributed by atoms with Crippen molar-refractivity contribution in [3.05, 3.63) is 33.2 Å². The van der Waals surface area contributed by atoms with Gasteiger partial charge in [-0.25, -0.2) is 0 Å². The van der Waals surface area contributed by atoms with Gasteiger partial charge in [-0.15, -0.1) is 21.5 Å². The van der Waals surface area contributed by atoms with E-state index in [0.717, 1.165) is 11.3 Å². The van der Waals surface area contributed by atoms with Crippen LogP contribution in [-0.2, 0) is 12.7 Å². The summed E-state index contributed by atoms with van der Waals surface area (Å²) in [6.07, 6.45) is -4.62. The third-order valence-corrected chi connectivity index (χ3v) is 4.20. The summed E-state index contributed by atoms with van der Waals surface area (Å²) in [7, 11) is 0. The molecule has 0 aliphatic heterocycles. The Kier molecular flexibility index (Phi) is 3.37. The molecule has 3 aromatic rings. The molecule has 0 atom stereocenters. The Balaban J connectivity index is 1.76. The quantitative estimate of drug-likeness (QED) is 0.797. The average molecular weight is 333 g/mol. The third kappa shape index (κ3) is 2.74. The summed E-state index contributed by atoms with van der Waals surface area (Å²) in [5.74, 6) is -1.48. The highest BCUT2D eigenvalue weighted by atomic mass is 32.1. The Hall–Kier alpha value is -2.01. The molecule has 3 aromatic heterocycles. The molecule has 0 spiro atoms. The number of amides is 1. The van der Waals surface area contributed by atoms with Crippen molar-refractivity contribution in [2.24, 2.45) is 0 Å². The van der Waals surface area contributed by atoms with Crippen LogP contribution in [0.3, 0.4) is 0 Å². The minimum atomic E-state index is -4.62. The van der Waals surface area contributed by atoms with Crippen molar-refractivity contribution in [1.29, 1.82) is 0 Å². The molecular weight excluding hydrogens is 327 g/mol. The second kappa shape index (κ2) is 5.07.